The van der Waals surface area contributed by atoms with Gasteiger partial charge in [0.15, 0.2) is 0 Å². The van der Waals surface area contributed by atoms with Crippen LogP contribution in [0.1, 0.15) is 56.9 Å². The van der Waals surface area contributed by atoms with E-state index in [-0.39, 0.29) is 31.5 Å². The number of halogens is 1. The van der Waals surface area contributed by atoms with E-state index in [9.17, 15) is 14.3 Å². The molecular formula is C20H28FNO3. The van der Waals surface area contributed by atoms with E-state index in [4.69, 9.17) is 4.74 Å². The summed E-state index contributed by atoms with van der Waals surface area (Å²) < 4.78 is 17.9. The standard InChI is InChI=1S/C20H28FNO3/c21-12-5-4-11-20(24)13-17-9-6-10-18(14-20)22(17)19(23)25-15-16-7-2-1-3-8-16/h1-3,7-8,17-18,24H,4-6,9-15H2. The van der Waals surface area contributed by atoms with Crippen molar-refractivity contribution in [2.45, 2.75) is 75.7 Å². The maximum Gasteiger partial charge on any atom is 0.410 e. The number of benzene rings is 1. The van der Waals surface area contributed by atoms with Crippen LogP contribution < -0.4 is 0 Å². The Hall–Kier alpha value is -1.62. The van der Waals surface area contributed by atoms with Gasteiger partial charge < -0.3 is 14.7 Å². The second-order valence-electron chi connectivity index (χ2n) is 7.46. The summed E-state index contributed by atoms with van der Waals surface area (Å²) in [5.74, 6) is 0. The Morgan fingerprint density at radius 2 is 1.88 bits per heavy atom. The van der Waals surface area contributed by atoms with Crippen molar-refractivity contribution in [2.75, 3.05) is 6.67 Å². The fourth-order valence-corrected chi connectivity index (χ4v) is 4.37. The Balaban J connectivity index is 1.60. The van der Waals surface area contributed by atoms with Gasteiger partial charge in [-0.25, -0.2) is 4.79 Å². The van der Waals surface area contributed by atoms with E-state index in [1.807, 2.05) is 35.2 Å². The molecule has 0 spiro atoms. The summed E-state index contributed by atoms with van der Waals surface area (Å²) in [6.07, 6.45) is 5.60. The van der Waals surface area contributed by atoms with E-state index >= 15 is 0 Å². The molecule has 0 aromatic heterocycles. The Morgan fingerprint density at radius 3 is 2.52 bits per heavy atom. The highest BCUT2D eigenvalue weighted by Crippen LogP contribution is 2.41. The molecule has 1 aromatic carbocycles. The van der Waals surface area contributed by atoms with Crippen molar-refractivity contribution < 1.29 is 19.0 Å². The van der Waals surface area contributed by atoms with E-state index in [0.29, 0.717) is 32.1 Å². The zero-order chi connectivity index (χ0) is 17.7. The highest BCUT2D eigenvalue weighted by molar-refractivity contribution is 5.69. The van der Waals surface area contributed by atoms with E-state index < -0.39 is 5.60 Å². The van der Waals surface area contributed by atoms with Gasteiger partial charge in [-0.15, -0.1) is 0 Å². The van der Waals surface area contributed by atoms with E-state index in [2.05, 4.69) is 0 Å². The smallest absolute Gasteiger partial charge is 0.410 e. The second kappa shape index (κ2) is 8.17. The van der Waals surface area contributed by atoms with Gasteiger partial charge in [0, 0.05) is 12.1 Å². The minimum Gasteiger partial charge on any atom is -0.445 e. The van der Waals surface area contributed by atoms with Crippen LogP contribution in [0.15, 0.2) is 30.3 Å². The average Bonchev–Trinajstić information content (AvgIpc) is 2.60. The molecule has 1 N–H and O–H groups in total. The number of aliphatic hydroxyl groups is 1. The lowest BCUT2D eigenvalue weighted by atomic mass is 9.74. The van der Waals surface area contributed by atoms with Crippen molar-refractivity contribution in [1.29, 1.82) is 0 Å². The molecule has 5 heteroatoms. The first-order chi connectivity index (χ1) is 12.1. The first-order valence-electron chi connectivity index (χ1n) is 9.39. The van der Waals surface area contributed by atoms with Crippen molar-refractivity contribution in [2.24, 2.45) is 0 Å². The molecule has 2 heterocycles. The third-order valence-corrected chi connectivity index (χ3v) is 5.53. The number of carbonyl (C=O) groups excluding carboxylic acids is 1. The lowest BCUT2D eigenvalue weighted by Gasteiger charge is -2.51. The monoisotopic (exact) mass is 349 g/mol. The maximum absolute atomic E-state index is 12.6. The lowest BCUT2D eigenvalue weighted by molar-refractivity contribution is -0.0899. The van der Waals surface area contributed by atoms with Gasteiger partial charge in [-0.1, -0.05) is 30.3 Å². The van der Waals surface area contributed by atoms with Crippen LogP contribution in [-0.2, 0) is 11.3 Å². The molecule has 2 atom stereocenters. The molecule has 0 saturated carbocycles. The molecule has 25 heavy (non-hydrogen) atoms. The number of piperidine rings is 2. The minimum atomic E-state index is -0.763. The summed E-state index contributed by atoms with van der Waals surface area (Å²) in [6.45, 7) is -0.0583. The number of amides is 1. The number of rotatable bonds is 6. The van der Waals surface area contributed by atoms with Gasteiger partial charge in [0.25, 0.3) is 0 Å². The second-order valence-corrected chi connectivity index (χ2v) is 7.46. The number of hydrogen-bond donors (Lipinski definition) is 1. The van der Waals surface area contributed by atoms with Crippen molar-refractivity contribution in [3.63, 3.8) is 0 Å². The largest absolute Gasteiger partial charge is 0.445 e. The van der Waals surface area contributed by atoms with Crippen LogP contribution in [0, 0.1) is 0 Å². The number of nitrogens with zero attached hydrogens (tertiary/aromatic N) is 1. The summed E-state index contributed by atoms with van der Waals surface area (Å²) in [5.41, 5.74) is 0.210. The highest BCUT2D eigenvalue weighted by Gasteiger charge is 2.47. The first kappa shape index (κ1) is 18.2. The van der Waals surface area contributed by atoms with Gasteiger partial charge in [-0.3, -0.25) is 4.39 Å². The molecule has 2 bridgehead atoms. The van der Waals surface area contributed by atoms with Gasteiger partial charge in [0.05, 0.1) is 12.3 Å². The van der Waals surface area contributed by atoms with Gasteiger partial charge >= 0.3 is 6.09 Å². The molecule has 1 aromatic rings. The zero-order valence-corrected chi connectivity index (χ0v) is 14.7. The van der Waals surface area contributed by atoms with Crippen LogP contribution in [0.4, 0.5) is 9.18 Å². The fourth-order valence-electron chi connectivity index (χ4n) is 4.37. The fraction of sp³-hybridized carbons (Fsp3) is 0.650. The summed E-state index contributed by atoms with van der Waals surface area (Å²) in [5, 5.41) is 10.9. The number of hydrogen-bond acceptors (Lipinski definition) is 3. The molecule has 138 valence electrons. The van der Waals surface area contributed by atoms with Gasteiger partial charge in [0.2, 0.25) is 0 Å². The molecule has 2 aliphatic heterocycles. The van der Waals surface area contributed by atoms with Crippen LogP contribution >= 0.6 is 0 Å². The Kier molecular flexibility index (Phi) is 5.94. The van der Waals surface area contributed by atoms with Crippen molar-refractivity contribution >= 4 is 6.09 Å². The number of fused-ring (bicyclic) bond motifs is 2. The van der Waals surface area contributed by atoms with E-state index in [0.717, 1.165) is 24.8 Å². The number of ether oxygens (including phenoxy) is 1. The van der Waals surface area contributed by atoms with Crippen molar-refractivity contribution in [3.8, 4) is 0 Å². The molecule has 4 nitrogen and oxygen atoms in total. The molecule has 3 rings (SSSR count). The SMILES string of the molecule is O=C(OCc1ccccc1)N1C2CCCC1CC(O)(CCCCF)C2. The number of carbonyl (C=O) groups is 1. The molecule has 2 saturated heterocycles. The van der Waals surface area contributed by atoms with Crippen molar-refractivity contribution in [3.05, 3.63) is 35.9 Å². The molecule has 1 amide bonds. The Labute approximate surface area is 149 Å². The quantitative estimate of drug-likeness (QED) is 0.783. The Morgan fingerprint density at radius 1 is 1.20 bits per heavy atom. The van der Waals surface area contributed by atoms with E-state index in [1.165, 1.54) is 0 Å². The van der Waals surface area contributed by atoms with Crippen LogP contribution in [0.3, 0.4) is 0 Å². The Bertz CT molecular complexity index is 551. The molecule has 0 radical (unpaired) electrons. The zero-order valence-electron chi connectivity index (χ0n) is 14.7. The van der Waals surface area contributed by atoms with Crippen molar-refractivity contribution in [1.82, 2.24) is 4.90 Å². The molecule has 2 unspecified atom stereocenters. The van der Waals surface area contributed by atoms with Crippen LogP contribution in [0.2, 0.25) is 0 Å². The van der Waals surface area contributed by atoms with Gasteiger partial charge in [0.1, 0.15) is 6.61 Å². The summed E-state index contributed by atoms with van der Waals surface area (Å²) >= 11 is 0. The summed E-state index contributed by atoms with van der Waals surface area (Å²) in [4.78, 5) is 14.5. The average molecular weight is 349 g/mol. The van der Waals surface area contributed by atoms with Gasteiger partial charge in [-0.05, 0) is 56.9 Å². The summed E-state index contributed by atoms with van der Waals surface area (Å²) in [7, 11) is 0. The maximum atomic E-state index is 12.6. The third kappa shape index (κ3) is 4.51. The van der Waals surface area contributed by atoms with Crippen LogP contribution in [-0.4, -0.2) is 40.5 Å². The van der Waals surface area contributed by atoms with Crippen LogP contribution in [0.5, 0.6) is 0 Å². The van der Waals surface area contributed by atoms with Gasteiger partial charge in [-0.2, -0.15) is 0 Å². The number of unbranched alkanes of at least 4 members (excludes halogenated alkanes) is 1. The topological polar surface area (TPSA) is 49.8 Å². The molecular weight excluding hydrogens is 321 g/mol. The normalized spacial score (nSPS) is 28.6. The summed E-state index contributed by atoms with van der Waals surface area (Å²) in [6, 6.07) is 9.73. The van der Waals surface area contributed by atoms with Crippen LogP contribution in [0.25, 0.3) is 0 Å². The third-order valence-electron chi connectivity index (χ3n) is 5.53. The predicted octanol–water partition coefficient (Wildman–Crippen LogP) is 4.21. The van der Waals surface area contributed by atoms with E-state index in [1.54, 1.807) is 0 Å². The minimum absolute atomic E-state index is 0.0335. The molecule has 0 aliphatic carbocycles. The number of alkyl halides is 1. The molecule has 2 aliphatic rings. The lowest BCUT2D eigenvalue weighted by Crippen LogP contribution is -2.59. The molecule has 2 fully saturated rings. The predicted molar refractivity (Wildman–Crippen MR) is 93.9 cm³/mol. The highest BCUT2D eigenvalue weighted by atomic mass is 19.1. The first-order valence-corrected chi connectivity index (χ1v) is 9.39.